The summed E-state index contributed by atoms with van der Waals surface area (Å²) in [5, 5.41) is 3.84. The van der Waals surface area contributed by atoms with Gasteiger partial charge in [0.1, 0.15) is 0 Å². The maximum Gasteiger partial charge on any atom is 0.234 e. The van der Waals surface area contributed by atoms with Crippen molar-refractivity contribution in [1.82, 2.24) is 14.5 Å². The molecule has 0 unspecified atom stereocenters. The van der Waals surface area contributed by atoms with Gasteiger partial charge in [-0.2, -0.15) is 0 Å². The molecule has 0 aromatic carbocycles. The highest BCUT2D eigenvalue weighted by Gasteiger charge is 2.14. The summed E-state index contributed by atoms with van der Waals surface area (Å²) >= 11 is 7.32. The molecule has 0 atom stereocenters. The summed E-state index contributed by atoms with van der Waals surface area (Å²) < 4.78 is 7.19. The number of imidazole rings is 1. The van der Waals surface area contributed by atoms with E-state index in [2.05, 4.69) is 19.9 Å². The average Bonchev–Trinajstić information content (AvgIpc) is 2.80. The van der Waals surface area contributed by atoms with Gasteiger partial charge in [0.05, 0.1) is 23.7 Å². The van der Waals surface area contributed by atoms with E-state index in [1.54, 1.807) is 25.4 Å². The van der Waals surface area contributed by atoms with Crippen molar-refractivity contribution in [1.29, 1.82) is 0 Å². The number of pyridine rings is 1. The van der Waals surface area contributed by atoms with E-state index in [0.717, 1.165) is 16.5 Å². The number of amides is 1. The number of aromatic nitrogens is 3. The van der Waals surface area contributed by atoms with Crippen molar-refractivity contribution in [3.05, 3.63) is 34.9 Å². The highest BCUT2D eigenvalue weighted by molar-refractivity contribution is 7.99. The fraction of sp³-hybridized carbons (Fsp3) is 0.400. The van der Waals surface area contributed by atoms with Crippen molar-refractivity contribution in [3.8, 4) is 0 Å². The summed E-state index contributed by atoms with van der Waals surface area (Å²) in [5.41, 5.74) is 2.55. The zero-order valence-corrected chi connectivity index (χ0v) is 14.9. The molecule has 0 radical (unpaired) electrons. The van der Waals surface area contributed by atoms with E-state index >= 15 is 0 Å². The number of nitrogens with one attached hydrogen (secondary N) is 1. The van der Waals surface area contributed by atoms with Crippen LogP contribution in [0.5, 0.6) is 0 Å². The van der Waals surface area contributed by atoms with Crippen LogP contribution in [0.25, 0.3) is 0 Å². The first-order valence-corrected chi connectivity index (χ1v) is 8.45. The van der Waals surface area contributed by atoms with E-state index < -0.39 is 0 Å². The zero-order chi connectivity index (χ0) is 16.8. The molecule has 0 aliphatic heterocycles. The maximum atomic E-state index is 12.1. The molecule has 0 aliphatic rings. The molecule has 2 rings (SSSR count). The van der Waals surface area contributed by atoms with Gasteiger partial charge in [0.2, 0.25) is 5.91 Å². The molecule has 6 nitrogen and oxygen atoms in total. The Balaban J connectivity index is 1.99. The van der Waals surface area contributed by atoms with Gasteiger partial charge in [-0.1, -0.05) is 23.4 Å². The van der Waals surface area contributed by atoms with Gasteiger partial charge >= 0.3 is 0 Å². The van der Waals surface area contributed by atoms with Crippen LogP contribution in [0.4, 0.5) is 5.69 Å². The van der Waals surface area contributed by atoms with E-state index in [1.165, 1.54) is 11.8 Å². The predicted molar refractivity (Wildman–Crippen MR) is 92.2 cm³/mol. The summed E-state index contributed by atoms with van der Waals surface area (Å²) in [6, 6.07) is 3.44. The minimum Gasteiger partial charge on any atom is -0.383 e. The van der Waals surface area contributed by atoms with Gasteiger partial charge < -0.3 is 14.6 Å². The molecule has 0 fully saturated rings. The topological polar surface area (TPSA) is 69.0 Å². The van der Waals surface area contributed by atoms with Gasteiger partial charge in [0.15, 0.2) is 10.3 Å². The standard InChI is InChI=1S/C15H19ClN4O2S/c1-10-11(2)20(7-8-22-3)15(18-10)23-9-13(21)19-12-5-4-6-17-14(12)16/h4-6H,7-9H2,1-3H3,(H,19,21). The van der Waals surface area contributed by atoms with Gasteiger partial charge in [0.25, 0.3) is 0 Å². The lowest BCUT2D eigenvalue weighted by Gasteiger charge is -2.09. The van der Waals surface area contributed by atoms with Gasteiger partial charge in [-0.3, -0.25) is 4.79 Å². The number of rotatable bonds is 7. The number of carbonyl (C=O) groups excluding carboxylic acids is 1. The van der Waals surface area contributed by atoms with Crippen molar-refractivity contribution < 1.29 is 9.53 Å². The fourth-order valence-corrected chi connectivity index (χ4v) is 3.06. The lowest BCUT2D eigenvalue weighted by atomic mass is 10.4. The van der Waals surface area contributed by atoms with Crippen molar-refractivity contribution in [2.45, 2.75) is 25.5 Å². The predicted octanol–water partition coefficient (Wildman–Crippen LogP) is 2.93. The highest BCUT2D eigenvalue weighted by Crippen LogP contribution is 2.22. The third kappa shape index (κ3) is 4.70. The van der Waals surface area contributed by atoms with Crippen molar-refractivity contribution in [2.24, 2.45) is 0 Å². The van der Waals surface area contributed by atoms with Crippen molar-refractivity contribution in [2.75, 3.05) is 24.8 Å². The Morgan fingerprint density at radius 3 is 2.96 bits per heavy atom. The molecule has 8 heteroatoms. The number of halogens is 1. The molecule has 2 heterocycles. The number of ether oxygens (including phenoxy) is 1. The number of thioether (sulfide) groups is 1. The molecule has 0 aliphatic carbocycles. The first-order chi connectivity index (χ1) is 11.0. The number of carbonyl (C=O) groups is 1. The summed E-state index contributed by atoms with van der Waals surface area (Å²) in [6.07, 6.45) is 1.57. The number of methoxy groups -OCH3 is 1. The van der Waals surface area contributed by atoms with E-state index in [4.69, 9.17) is 16.3 Å². The van der Waals surface area contributed by atoms with E-state index in [0.29, 0.717) is 18.8 Å². The smallest absolute Gasteiger partial charge is 0.234 e. The molecule has 2 aromatic rings. The molecule has 0 saturated carbocycles. The van der Waals surface area contributed by atoms with Gasteiger partial charge in [-0.05, 0) is 26.0 Å². The highest BCUT2D eigenvalue weighted by atomic mass is 35.5. The van der Waals surface area contributed by atoms with Crippen LogP contribution in [0.15, 0.2) is 23.5 Å². The number of anilines is 1. The summed E-state index contributed by atoms with van der Waals surface area (Å²) in [4.78, 5) is 20.5. The lowest BCUT2D eigenvalue weighted by molar-refractivity contribution is -0.113. The maximum absolute atomic E-state index is 12.1. The van der Waals surface area contributed by atoms with Gasteiger partial charge in [-0.15, -0.1) is 0 Å². The monoisotopic (exact) mass is 354 g/mol. The van der Waals surface area contributed by atoms with Crippen LogP contribution in [0.2, 0.25) is 5.15 Å². The second-order valence-corrected chi connectivity index (χ2v) is 6.19. The van der Waals surface area contributed by atoms with Crippen LogP contribution in [-0.4, -0.2) is 39.9 Å². The minimum absolute atomic E-state index is 0.151. The Hall–Kier alpha value is -1.57. The van der Waals surface area contributed by atoms with Crippen LogP contribution in [0.3, 0.4) is 0 Å². The molecule has 0 spiro atoms. The fourth-order valence-electron chi connectivity index (χ4n) is 1.98. The Morgan fingerprint density at radius 2 is 2.26 bits per heavy atom. The summed E-state index contributed by atoms with van der Waals surface area (Å²) in [7, 11) is 1.66. The molecule has 124 valence electrons. The Morgan fingerprint density at radius 1 is 1.48 bits per heavy atom. The third-order valence-electron chi connectivity index (χ3n) is 3.31. The van der Waals surface area contributed by atoms with Crippen molar-refractivity contribution in [3.63, 3.8) is 0 Å². The SMILES string of the molecule is COCCn1c(SCC(=O)Nc2cccnc2Cl)nc(C)c1C. The van der Waals surface area contributed by atoms with Crippen LogP contribution in [-0.2, 0) is 16.1 Å². The molecule has 1 N–H and O–H groups in total. The van der Waals surface area contributed by atoms with Crippen LogP contribution < -0.4 is 5.32 Å². The van der Waals surface area contributed by atoms with E-state index in [-0.39, 0.29) is 16.8 Å². The second-order valence-electron chi connectivity index (χ2n) is 4.89. The van der Waals surface area contributed by atoms with Crippen LogP contribution >= 0.6 is 23.4 Å². The van der Waals surface area contributed by atoms with Crippen LogP contribution in [0.1, 0.15) is 11.4 Å². The minimum atomic E-state index is -0.151. The molecule has 1 amide bonds. The number of hydrogen-bond donors (Lipinski definition) is 1. The summed E-state index contributed by atoms with van der Waals surface area (Å²) in [6.45, 7) is 5.28. The third-order valence-corrected chi connectivity index (χ3v) is 4.58. The summed E-state index contributed by atoms with van der Waals surface area (Å²) in [5.74, 6) is 0.0928. The number of nitrogens with zero attached hydrogens (tertiary/aromatic N) is 3. The van der Waals surface area contributed by atoms with Gasteiger partial charge in [0, 0.05) is 25.5 Å². The molecular weight excluding hydrogens is 336 g/mol. The molecule has 23 heavy (non-hydrogen) atoms. The zero-order valence-electron chi connectivity index (χ0n) is 13.3. The molecule has 0 bridgehead atoms. The number of aryl methyl sites for hydroxylation is 1. The first kappa shape index (κ1) is 17.8. The molecule has 2 aromatic heterocycles. The van der Waals surface area contributed by atoms with E-state index in [9.17, 15) is 4.79 Å². The quantitative estimate of drug-likeness (QED) is 0.611. The Kier molecular flexibility index (Phi) is 6.44. The largest absolute Gasteiger partial charge is 0.383 e. The van der Waals surface area contributed by atoms with Crippen LogP contribution in [0, 0.1) is 13.8 Å². The Bertz CT molecular complexity index is 690. The Labute approximate surface area is 144 Å². The second kappa shape index (κ2) is 8.33. The normalized spacial score (nSPS) is 10.8. The average molecular weight is 355 g/mol. The van der Waals surface area contributed by atoms with E-state index in [1.807, 2.05) is 13.8 Å². The molecular formula is C15H19ClN4O2S. The number of hydrogen-bond acceptors (Lipinski definition) is 5. The van der Waals surface area contributed by atoms with Crippen molar-refractivity contribution >= 4 is 35.0 Å². The molecule has 0 saturated heterocycles. The lowest BCUT2D eigenvalue weighted by Crippen LogP contribution is -2.15. The first-order valence-electron chi connectivity index (χ1n) is 7.08. The van der Waals surface area contributed by atoms with Gasteiger partial charge in [-0.25, -0.2) is 9.97 Å².